The molecule has 0 aromatic heterocycles. The van der Waals surface area contributed by atoms with Crippen molar-refractivity contribution in [1.29, 1.82) is 0 Å². The normalized spacial score (nSPS) is 4.38. The molecule has 0 fully saturated rings. The van der Waals surface area contributed by atoms with E-state index < -0.39 is 7.32 Å². The maximum Gasteiger partial charge on any atom is -0.106 e. The van der Waals surface area contributed by atoms with E-state index in [9.17, 15) is 0 Å². The quantitative estimate of drug-likeness (QED) is 0.262. The van der Waals surface area contributed by atoms with Crippen molar-refractivity contribution in [3.05, 3.63) is 26.3 Å². The van der Waals surface area contributed by atoms with Crippen LogP contribution in [-0.2, 0) is 0 Å². The highest BCUT2D eigenvalue weighted by molar-refractivity contribution is 6.24. The van der Waals surface area contributed by atoms with E-state index in [1.165, 1.54) is 0 Å². The highest BCUT2D eigenvalue weighted by Crippen LogP contribution is 0.995. The van der Waals surface area contributed by atoms with Crippen LogP contribution in [0.15, 0.2) is 26.3 Å². The summed E-state index contributed by atoms with van der Waals surface area (Å²) in [5.41, 5.74) is 0. The van der Waals surface area contributed by atoms with Crippen LogP contribution in [0.5, 0.6) is 0 Å². The van der Waals surface area contributed by atoms with Crippen LogP contribution < -0.4 is 15.1 Å². The van der Waals surface area contributed by atoms with Crippen molar-refractivity contribution in [2.75, 3.05) is 0 Å². The van der Waals surface area contributed by atoms with Crippen LogP contribution >= 0.6 is 0 Å². The first-order chi connectivity index (χ1) is 3.73. The number of hydrogen-bond donors (Lipinski definition) is 0. The summed E-state index contributed by atoms with van der Waals surface area (Å²) in [6.07, 6.45) is 0. The van der Waals surface area contributed by atoms with Gasteiger partial charge in [-0.3, -0.25) is 7.32 Å². The van der Waals surface area contributed by atoms with E-state index in [1.54, 1.807) is 0 Å². The van der Waals surface area contributed by atoms with Crippen LogP contribution in [-0.4, -0.2) is 7.32 Å². The van der Waals surface area contributed by atoms with Gasteiger partial charge in [0.15, 0.2) is 0 Å². The minimum absolute atomic E-state index is 2.92. The Labute approximate surface area is 49.8 Å². The molecule has 0 rings (SSSR count). The topological polar surface area (TPSA) is 69.2 Å². The van der Waals surface area contributed by atoms with E-state index >= 15 is 0 Å². The molecule has 0 aliphatic heterocycles. The van der Waals surface area contributed by atoms with Gasteiger partial charge in [0.05, 0.1) is 0 Å². The van der Waals surface area contributed by atoms with Crippen LogP contribution in [0.2, 0.25) is 0 Å². The second-order valence-corrected chi connectivity index (χ2v) is 0.289. The lowest BCUT2D eigenvalue weighted by molar-refractivity contribution is -0.479. The van der Waals surface area contributed by atoms with Gasteiger partial charge in [0.25, 0.3) is 0 Å². The van der Waals surface area contributed by atoms with Gasteiger partial charge in [-0.05, 0) is 0 Å². The largest absolute Gasteiger partial charge is 0.907 e. The van der Waals surface area contributed by atoms with E-state index in [-0.39, 0.29) is 0 Å². The molecule has 4 heteroatoms. The zero-order valence-electron chi connectivity index (χ0n) is 4.63. The van der Waals surface area contributed by atoms with Crippen molar-refractivity contribution in [2.24, 2.45) is 0 Å². The molecule has 0 N–H and O–H groups in total. The summed E-state index contributed by atoms with van der Waals surface area (Å²) in [5.74, 6) is 0. The predicted molar refractivity (Wildman–Crippen MR) is 28.3 cm³/mol. The Hall–Kier alpha value is -0.575. The third-order valence-electron chi connectivity index (χ3n) is 0. The van der Waals surface area contributed by atoms with E-state index in [2.05, 4.69) is 26.3 Å². The maximum absolute atomic E-state index is 8.42. The molecule has 0 heterocycles. The van der Waals surface area contributed by atoms with Gasteiger partial charge in [-0.1, -0.05) is 0 Å². The average molecular weight is 115 g/mol. The highest BCUT2D eigenvalue weighted by Gasteiger charge is 1.17. The third-order valence-corrected chi connectivity index (χ3v) is 0. The Balaban J connectivity index is -0.0000000542. The second-order valence-electron chi connectivity index (χ2n) is 0.289. The van der Waals surface area contributed by atoms with Crippen LogP contribution in [0, 0.1) is 0 Å². The Morgan fingerprint density at radius 1 is 0.750 bits per heavy atom. The molecule has 0 atom stereocenters. The van der Waals surface area contributed by atoms with Gasteiger partial charge in [-0.2, -0.15) is 0 Å². The van der Waals surface area contributed by atoms with Crippen molar-refractivity contribution in [2.45, 2.75) is 0 Å². The molecule has 0 unspecified atom stereocenters. The van der Waals surface area contributed by atoms with Crippen molar-refractivity contribution in [3.8, 4) is 0 Å². The van der Waals surface area contributed by atoms with E-state index in [1.807, 2.05) is 0 Å². The first kappa shape index (κ1) is 15.7. The minimum atomic E-state index is -2.92. The molecule has 0 aliphatic carbocycles. The minimum Gasteiger partial charge on any atom is -0.907 e. The zero-order chi connectivity index (χ0) is 7.58. The average Bonchev–Trinajstić information content (AvgIpc) is 1.75. The number of hydrogen-bond acceptors (Lipinski definition) is 3. The van der Waals surface area contributed by atoms with E-state index in [4.69, 9.17) is 15.1 Å². The summed E-state index contributed by atoms with van der Waals surface area (Å²) in [4.78, 5) is 0. The molecular formula is C4H8BO3-3. The highest BCUT2D eigenvalue weighted by atomic mass is 16.5. The van der Waals surface area contributed by atoms with Gasteiger partial charge >= 0.3 is 0 Å². The first-order valence-electron chi connectivity index (χ1n) is 1.71. The molecule has 0 saturated heterocycles. The molecule has 3 nitrogen and oxygen atoms in total. The Bertz CT molecular complexity index is 27.7. The molecule has 0 aromatic carbocycles. The molecule has 0 aromatic rings. The van der Waals surface area contributed by atoms with E-state index in [0.717, 1.165) is 0 Å². The summed E-state index contributed by atoms with van der Waals surface area (Å²) in [7, 11) is -2.92. The van der Waals surface area contributed by atoms with Crippen molar-refractivity contribution < 1.29 is 15.1 Å². The molecule has 0 aliphatic rings. The molecule has 0 saturated carbocycles. The summed E-state index contributed by atoms with van der Waals surface area (Å²) in [6, 6.07) is 0. The smallest absolute Gasteiger partial charge is 0.106 e. The fourth-order valence-electron chi connectivity index (χ4n) is 0. The molecule has 0 bridgehead atoms. The number of rotatable bonds is 0. The van der Waals surface area contributed by atoms with Crippen LogP contribution in [0.4, 0.5) is 0 Å². The molecule has 0 amide bonds. The molecule has 48 valence electrons. The summed E-state index contributed by atoms with van der Waals surface area (Å²) in [6.45, 7) is 12.0. The van der Waals surface area contributed by atoms with Crippen molar-refractivity contribution in [1.82, 2.24) is 0 Å². The Kier molecular flexibility index (Phi) is 62.9. The monoisotopic (exact) mass is 115 g/mol. The van der Waals surface area contributed by atoms with Gasteiger partial charge in [0.1, 0.15) is 0 Å². The maximum atomic E-state index is 8.42. The van der Waals surface area contributed by atoms with Gasteiger partial charge in [-0.15, -0.1) is 26.3 Å². The molecular weight excluding hydrogens is 107 g/mol. The SMILES string of the molecule is C=C.C=C.[O-]B([O-])[O-]. The van der Waals surface area contributed by atoms with Crippen LogP contribution in [0.25, 0.3) is 0 Å². The van der Waals surface area contributed by atoms with Crippen molar-refractivity contribution >= 4 is 7.32 Å². The third kappa shape index (κ3) is 321. The molecule has 0 spiro atoms. The van der Waals surface area contributed by atoms with Gasteiger partial charge < -0.3 is 15.1 Å². The summed E-state index contributed by atoms with van der Waals surface area (Å²) < 4.78 is 0. The molecule has 0 radical (unpaired) electrons. The lowest BCUT2D eigenvalue weighted by atomic mass is 10.3. The second kappa shape index (κ2) is 32.2. The Morgan fingerprint density at radius 3 is 0.750 bits per heavy atom. The van der Waals surface area contributed by atoms with Crippen LogP contribution in [0.3, 0.4) is 0 Å². The fraction of sp³-hybridized carbons (Fsp3) is 0. The lowest BCUT2D eigenvalue weighted by Gasteiger charge is -2.35. The first-order valence-corrected chi connectivity index (χ1v) is 1.71. The van der Waals surface area contributed by atoms with Gasteiger partial charge in [-0.25, -0.2) is 0 Å². The Morgan fingerprint density at radius 2 is 0.750 bits per heavy atom. The fourth-order valence-corrected chi connectivity index (χ4v) is 0. The zero-order valence-corrected chi connectivity index (χ0v) is 4.63. The van der Waals surface area contributed by atoms with Gasteiger partial charge in [0, 0.05) is 0 Å². The molecule has 8 heavy (non-hydrogen) atoms. The van der Waals surface area contributed by atoms with Gasteiger partial charge in [0.2, 0.25) is 0 Å². The van der Waals surface area contributed by atoms with Crippen molar-refractivity contribution in [3.63, 3.8) is 0 Å². The standard InChI is InChI=1S/2C2H4.BO3/c2*1-2;2-1(3)4/h2*1-2H2;/q;;-3. The van der Waals surface area contributed by atoms with Crippen LogP contribution in [0.1, 0.15) is 0 Å². The summed E-state index contributed by atoms with van der Waals surface area (Å²) >= 11 is 0. The van der Waals surface area contributed by atoms with E-state index in [0.29, 0.717) is 0 Å². The predicted octanol–water partition coefficient (Wildman–Crippen LogP) is -2.34. The summed E-state index contributed by atoms with van der Waals surface area (Å²) in [5, 5.41) is 25.2. The lowest BCUT2D eigenvalue weighted by Crippen LogP contribution is -2.56.